The number of anilines is 1. The minimum Gasteiger partial charge on any atom is -0.495 e. The summed E-state index contributed by atoms with van der Waals surface area (Å²) in [5.74, 6) is 1.36. The van der Waals surface area contributed by atoms with E-state index >= 15 is 0 Å². The fraction of sp³-hybridized carbons (Fsp3) is 0.500. The zero-order valence-corrected chi connectivity index (χ0v) is 13.5. The molecule has 0 amide bonds. The lowest BCUT2D eigenvalue weighted by atomic mass is 9.86. The molecule has 1 aromatic carbocycles. The van der Waals surface area contributed by atoms with Crippen LogP contribution in [-0.4, -0.2) is 17.9 Å². The Morgan fingerprint density at radius 3 is 2.67 bits per heavy atom. The van der Waals surface area contributed by atoms with E-state index < -0.39 is 0 Å². The number of ether oxygens (including phenoxy) is 1. The van der Waals surface area contributed by atoms with E-state index in [-0.39, 0.29) is 0 Å². The number of para-hydroxylation sites is 2. The Morgan fingerprint density at radius 1 is 1.24 bits per heavy atom. The topological polar surface area (TPSA) is 45.6 Å². The van der Waals surface area contributed by atoms with E-state index in [1.54, 1.807) is 7.11 Å². The van der Waals surface area contributed by atoms with Gasteiger partial charge in [-0.1, -0.05) is 31.4 Å². The number of methoxy groups -OCH3 is 1. The molecule has 2 rings (SSSR count). The molecule has 0 heterocycles. The lowest BCUT2D eigenvalue weighted by Crippen LogP contribution is -2.27. The van der Waals surface area contributed by atoms with Crippen molar-refractivity contribution in [3.8, 4) is 5.75 Å². The molecule has 2 N–H and O–H groups in total. The summed E-state index contributed by atoms with van der Waals surface area (Å²) in [5, 5.41) is 8.01. The van der Waals surface area contributed by atoms with Crippen LogP contribution in [0.1, 0.15) is 39.0 Å². The Hall–Kier alpha value is -1.62. The molecule has 114 valence electrons. The van der Waals surface area contributed by atoms with Crippen LogP contribution < -0.4 is 15.5 Å². The van der Waals surface area contributed by atoms with Crippen LogP contribution in [0.3, 0.4) is 0 Å². The molecule has 1 aliphatic carbocycles. The first-order valence-electron chi connectivity index (χ1n) is 7.45. The molecule has 5 heteroatoms. The van der Waals surface area contributed by atoms with Crippen molar-refractivity contribution < 1.29 is 4.74 Å². The average Bonchev–Trinajstić information content (AvgIpc) is 2.54. The molecule has 0 spiro atoms. The van der Waals surface area contributed by atoms with E-state index in [1.165, 1.54) is 32.1 Å². The molecule has 1 saturated carbocycles. The second kappa shape index (κ2) is 7.98. The van der Waals surface area contributed by atoms with Crippen LogP contribution in [0.4, 0.5) is 5.69 Å². The van der Waals surface area contributed by atoms with Crippen LogP contribution in [0.15, 0.2) is 29.4 Å². The Bertz CT molecular complexity index is 510. The molecule has 0 aromatic heterocycles. The SMILES string of the molecule is COc1ccccc1NC(=S)N/N=C(/C)C1CCCCC1. The maximum Gasteiger partial charge on any atom is 0.191 e. The van der Waals surface area contributed by atoms with Crippen LogP contribution in [0.2, 0.25) is 0 Å². The number of hydrazone groups is 1. The molecule has 0 aliphatic heterocycles. The highest BCUT2D eigenvalue weighted by Crippen LogP contribution is 2.25. The van der Waals surface area contributed by atoms with E-state index in [0.717, 1.165) is 17.1 Å². The lowest BCUT2D eigenvalue weighted by Gasteiger charge is -2.21. The first kappa shape index (κ1) is 15.8. The third-order valence-electron chi connectivity index (χ3n) is 3.88. The lowest BCUT2D eigenvalue weighted by molar-refractivity contribution is 0.417. The predicted molar refractivity (Wildman–Crippen MR) is 92.0 cm³/mol. The molecule has 1 aliphatic rings. The van der Waals surface area contributed by atoms with Gasteiger partial charge in [-0.3, -0.25) is 5.43 Å². The van der Waals surface area contributed by atoms with Crippen LogP contribution in [0.5, 0.6) is 5.75 Å². The molecule has 0 atom stereocenters. The summed E-state index contributed by atoms with van der Waals surface area (Å²) in [6, 6.07) is 7.67. The monoisotopic (exact) mass is 305 g/mol. The standard InChI is InChI=1S/C16H23N3OS/c1-12(13-8-4-3-5-9-13)18-19-16(21)17-14-10-6-7-11-15(14)20-2/h6-7,10-11,13H,3-5,8-9H2,1-2H3,(H2,17,19,21)/b18-12-. The molecule has 4 nitrogen and oxygen atoms in total. The summed E-state index contributed by atoms with van der Waals surface area (Å²) in [5.41, 5.74) is 4.91. The maximum atomic E-state index is 5.28. The molecule has 0 bridgehead atoms. The number of rotatable bonds is 4. The van der Waals surface area contributed by atoms with Gasteiger partial charge in [0.25, 0.3) is 0 Å². The minimum atomic E-state index is 0.481. The van der Waals surface area contributed by atoms with E-state index in [9.17, 15) is 0 Å². The highest BCUT2D eigenvalue weighted by molar-refractivity contribution is 7.80. The van der Waals surface area contributed by atoms with E-state index in [0.29, 0.717) is 11.0 Å². The quantitative estimate of drug-likeness (QED) is 0.502. The number of benzene rings is 1. The van der Waals surface area contributed by atoms with Gasteiger partial charge in [-0.05, 0) is 50.0 Å². The fourth-order valence-corrected chi connectivity index (χ4v) is 2.80. The summed E-state index contributed by atoms with van der Waals surface area (Å²) in [7, 11) is 1.64. The van der Waals surface area contributed by atoms with Crippen molar-refractivity contribution in [2.75, 3.05) is 12.4 Å². The first-order chi connectivity index (χ1) is 10.2. The number of thiocarbonyl (C=S) groups is 1. The Kier molecular flexibility index (Phi) is 5.99. The average molecular weight is 305 g/mol. The second-order valence-electron chi connectivity index (χ2n) is 5.35. The van der Waals surface area contributed by atoms with Crippen molar-refractivity contribution in [2.24, 2.45) is 11.0 Å². The van der Waals surface area contributed by atoms with Crippen molar-refractivity contribution in [2.45, 2.75) is 39.0 Å². The summed E-state index contributed by atoms with van der Waals surface area (Å²) in [6.45, 7) is 2.08. The van der Waals surface area contributed by atoms with Gasteiger partial charge in [0.15, 0.2) is 5.11 Å². The molecule has 1 aromatic rings. The molecular formula is C16H23N3OS. The smallest absolute Gasteiger partial charge is 0.191 e. The van der Waals surface area contributed by atoms with Gasteiger partial charge in [0.2, 0.25) is 0 Å². The van der Waals surface area contributed by atoms with Crippen molar-refractivity contribution in [1.82, 2.24) is 5.43 Å². The second-order valence-corrected chi connectivity index (χ2v) is 5.76. The third-order valence-corrected chi connectivity index (χ3v) is 4.08. The zero-order chi connectivity index (χ0) is 15.1. The molecule has 21 heavy (non-hydrogen) atoms. The summed E-state index contributed by atoms with van der Waals surface area (Å²) < 4.78 is 5.28. The molecule has 0 saturated heterocycles. The van der Waals surface area contributed by atoms with Crippen LogP contribution in [-0.2, 0) is 0 Å². The number of hydrogen-bond donors (Lipinski definition) is 2. The third kappa shape index (κ3) is 4.70. The van der Waals surface area contributed by atoms with E-state index in [4.69, 9.17) is 17.0 Å². The maximum absolute atomic E-state index is 5.28. The Morgan fingerprint density at radius 2 is 1.95 bits per heavy atom. The van der Waals surface area contributed by atoms with Crippen molar-refractivity contribution in [1.29, 1.82) is 0 Å². The van der Waals surface area contributed by atoms with Gasteiger partial charge in [-0.25, -0.2) is 0 Å². The summed E-state index contributed by atoms with van der Waals surface area (Å²) in [6.07, 6.45) is 6.45. The number of hydrogen-bond acceptors (Lipinski definition) is 3. The van der Waals surface area contributed by atoms with Crippen molar-refractivity contribution in [3.05, 3.63) is 24.3 Å². The number of nitrogens with zero attached hydrogens (tertiary/aromatic N) is 1. The number of nitrogens with one attached hydrogen (secondary N) is 2. The van der Waals surface area contributed by atoms with Crippen molar-refractivity contribution >= 4 is 28.7 Å². The van der Waals surface area contributed by atoms with Crippen LogP contribution >= 0.6 is 12.2 Å². The molecule has 1 fully saturated rings. The first-order valence-corrected chi connectivity index (χ1v) is 7.85. The molecular weight excluding hydrogens is 282 g/mol. The summed E-state index contributed by atoms with van der Waals surface area (Å²) in [4.78, 5) is 0. The Labute approximate surface area is 132 Å². The molecule has 0 radical (unpaired) electrons. The highest BCUT2D eigenvalue weighted by Gasteiger charge is 2.16. The van der Waals surface area contributed by atoms with Gasteiger partial charge in [0, 0.05) is 5.71 Å². The van der Waals surface area contributed by atoms with Gasteiger partial charge < -0.3 is 10.1 Å². The fourth-order valence-electron chi connectivity index (χ4n) is 2.65. The Balaban J connectivity index is 1.89. The van der Waals surface area contributed by atoms with Crippen LogP contribution in [0, 0.1) is 5.92 Å². The minimum absolute atomic E-state index is 0.481. The van der Waals surface area contributed by atoms with Gasteiger partial charge in [0.1, 0.15) is 5.75 Å². The van der Waals surface area contributed by atoms with E-state index in [1.807, 2.05) is 24.3 Å². The van der Waals surface area contributed by atoms with Gasteiger partial charge in [0.05, 0.1) is 12.8 Å². The predicted octanol–water partition coefficient (Wildman–Crippen LogP) is 3.94. The van der Waals surface area contributed by atoms with Crippen molar-refractivity contribution in [3.63, 3.8) is 0 Å². The van der Waals surface area contributed by atoms with Gasteiger partial charge in [-0.15, -0.1) is 0 Å². The highest BCUT2D eigenvalue weighted by atomic mass is 32.1. The summed E-state index contributed by atoms with van der Waals surface area (Å²) >= 11 is 5.28. The van der Waals surface area contributed by atoms with Gasteiger partial charge >= 0.3 is 0 Å². The van der Waals surface area contributed by atoms with Gasteiger partial charge in [-0.2, -0.15) is 5.10 Å². The largest absolute Gasteiger partial charge is 0.495 e. The van der Waals surface area contributed by atoms with E-state index in [2.05, 4.69) is 22.8 Å². The molecule has 0 unspecified atom stereocenters. The normalized spacial score (nSPS) is 16.4. The van der Waals surface area contributed by atoms with Crippen LogP contribution in [0.25, 0.3) is 0 Å². The zero-order valence-electron chi connectivity index (χ0n) is 12.7.